The zero-order chi connectivity index (χ0) is 58.5. The maximum Gasteiger partial charge on any atom is 0.319 e. The van der Waals surface area contributed by atoms with Gasteiger partial charge in [0.1, 0.15) is 48.4 Å². The number of amides is 1. The first-order valence-electron chi connectivity index (χ1n) is 27.2. The first kappa shape index (κ1) is 61.0. The van der Waals surface area contributed by atoms with Gasteiger partial charge in [0.2, 0.25) is 5.91 Å². The zero-order valence-electron chi connectivity index (χ0n) is 48.5. The summed E-state index contributed by atoms with van der Waals surface area (Å²) in [6.07, 6.45) is 9.76. The van der Waals surface area contributed by atoms with E-state index < -0.39 is 11.9 Å². The number of benzene rings is 4. The SMILES string of the molecule is CC1CC1.CNc1cc(COc2c(-c3c(C)c(F)cc4[nH]ncc34)ccc3c(N(C)C)nc(OCC(C)OC)nc23)ccc1-c1cn(C(C=O)C(C)C)nc1C=O.CO.Cc1ncsc1-c1ccc(CNC(=O)C2CCCN2C)cc1. The standard InChI is InChI=1S/C39H43FN8O5.C17H21N3OS.C4H8.CH4O/c1-21(2)34(18-50)48-16-29(33(17-49)46-48)25-10-9-24(13-31(25)41-5)20-52-37-26(35-23(4)30(40)14-32-28(35)15-42-45-32)11-12-27-36(37)43-39(44-38(27)47(6)7)53-19-22(3)51-8;1-12-16(22-11-19-12)14-7-5-13(6-8-14)10-18-17(21)15-4-3-9-20(15)2;1-4-2-3-4;1-2/h9-18,21-22,34,41H,19-20H2,1-8H3,(H,42,45);5-8,11,15H,3-4,9-10H2,1-2H3,(H,18,21);4H,2-3H2,1H3;2H,1H3. The van der Waals surface area contributed by atoms with Crippen molar-refractivity contribution in [1.82, 2.24) is 45.1 Å². The summed E-state index contributed by atoms with van der Waals surface area (Å²) in [5.74, 6) is 1.83. The molecule has 8 aromatic rings. The molecule has 3 unspecified atom stereocenters. The number of rotatable bonds is 19. The molecule has 5 heterocycles. The van der Waals surface area contributed by atoms with Crippen molar-refractivity contribution in [3.8, 4) is 44.5 Å². The molecule has 0 spiro atoms. The van der Waals surface area contributed by atoms with Crippen LogP contribution in [-0.2, 0) is 27.5 Å². The minimum Gasteiger partial charge on any atom is -0.486 e. The maximum absolute atomic E-state index is 15.4. The lowest BCUT2D eigenvalue weighted by atomic mass is 9.94. The Morgan fingerprint density at radius 3 is 2.28 bits per heavy atom. The molecule has 2 aliphatic rings. The predicted octanol–water partition coefficient (Wildman–Crippen LogP) is 10.6. The van der Waals surface area contributed by atoms with Gasteiger partial charge in [-0.1, -0.05) is 70.0 Å². The number of nitrogens with one attached hydrogen (secondary N) is 3. The van der Waals surface area contributed by atoms with Crippen LogP contribution < -0.4 is 25.0 Å². The summed E-state index contributed by atoms with van der Waals surface area (Å²) in [4.78, 5) is 55.2. The van der Waals surface area contributed by atoms with E-state index in [0.717, 1.165) is 72.2 Å². The molecule has 4 N–H and O–H groups in total. The first-order chi connectivity index (χ1) is 39.0. The van der Waals surface area contributed by atoms with Gasteiger partial charge in [-0.15, -0.1) is 11.3 Å². The molecule has 1 aliphatic carbocycles. The molecule has 1 aliphatic heterocycles. The summed E-state index contributed by atoms with van der Waals surface area (Å²) in [6, 6.07) is 18.9. The van der Waals surface area contributed by atoms with Gasteiger partial charge >= 0.3 is 6.01 Å². The normalized spacial score (nSPS) is 14.7. The second kappa shape index (κ2) is 28.2. The van der Waals surface area contributed by atoms with E-state index in [9.17, 15) is 14.4 Å². The van der Waals surface area contributed by atoms with Gasteiger partial charge in [-0.25, -0.2) is 9.37 Å². The highest BCUT2D eigenvalue weighted by atomic mass is 32.1. The van der Waals surface area contributed by atoms with Gasteiger partial charge in [-0.3, -0.25) is 24.3 Å². The van der Waals surface area contributed by atoms with Crippen LogP contribution in [0.5, 0.6) is 11.8 Å². The molecule has 1 saturated heterocycles. The van der Waals surface area contributed by atoms with E-state index in [1.807, 2.05) is 89.6 Å². The molecule has 0 bridgehead atoms. The smallest absolute Gasteiger partial charge is 0.319 e. The third kappa shape index (κ3) is 14.6. The van der Waals surface area contributed by atoms with Crippen LogP contribution in [0.3, 0.4) is 0 Å². The number of aliphatic hydroxyl groups excluding tert-OH is 1. The Balaban J connectivity index is 0.000000277. The number of hydrogen-bond donors (Lipinski definition) is 4. The third-order valence-corrected chi connectivity index (χ3v) is 15.4. The van der Waals surface area contributed by atoms with Crippen LogP contribution in [0.4, 0.5) is 15.9 Å². The average Bonchev–Trinajstić information content (AvgIpc) is 3.90. The van der Waals surface area contributed by atoms with Crippen LogP contribution in [0.25, 0.3) is 54.5 Å². The Morgan fingerprint density at radius 2 is 1.68 bits per heavy atom. The first-order valence-corrected chi connectivity index (χ1v) is 28.1. The van der Waals surface area contributed by atoms with Crippen LogP contribution in [0.2, 0.25) is 0 Å². The minimum absolute atomic E-state index is 0.0154. The van der Waals surface area contributed by atoms with E-state index >= 15 is 4.39 Å². The molecule has 2 fully saturated rings. The zero-order valence-corrected chi connectivity index (χ0v) is 49.3. The number of nitrogens with zero attached hydrogens (tertiary/aromatic N) is 8. The number of carbonyl (C=O) groups excluding carboxylic acids is 3. The van der Waals surface area contributed by atoms with E-state index in [1.165, 1.54) is 29.3 Å². The number of hydrogen-bond acceptors (Lipinski definition) is 16. The maximum atomic E-state index is 15.4. The molecular weight excluding hydrogens is 1050 g/mol. The monoisotopic (exact) mass is 1130 g/mol. The average molecular weight is 1130 g/mol. The molecule has 1 saturated carbocycles. The molecule has 18 nitrogen and oxygen atoms in total. The van der Waals surface area contributed by atoms with Gasteiger partial charge in [0.05, 0.1) is 39.9 Å². The number of carbonyl (C=O) groups is 3. The number of halogens is 1. The minimum atomic E-state index is -0.515. The van der Waals surface area contributed by atoms with Crippen LogP contribution in [0.1, 0.15) is 92.3 Å². The van der Waals surface area contributed by atoms with Crippen molar-refractivity contribution >= 4 is 63.1 Å². The number of fused-ring (bicyclic) bond motifs is 2. The molecule has 1 amide bonds. The fourth-order valence-electron chi connectivity index (χ4n) is 9.38. The number of aldehydes is 2. The Hall–Kier alpha value is -7.65. The number of aryl methyl sites for hydroxylation is 1. The lowest BCUT2D eigenvalue weighted by Crippen LogP contribution is -2.41. The summed E-state index contributed by atoms with van der Waals surface area (Å²) in [5, 5.41) is 26.2. The van der Waals surface area contributed by atoms with E-state index in [0.29, 0.717) is 63.1 Å². The Labute approximate surface area is 477 Å². The van der Waals surface area contributed by atoms with Gasteiger partial charge in [0, 0.05) is 86.8 Å². The van der Waals surface area contributed by atoms with E-state index in [1.54, 1.807) is 49.5 Å². The predicted molar refractivity (Wildman–Crippen MR) is 319 cm³/mol. The van der Waals surface area contributed by atoms with Crippen molar-refractivity contribution in [3.63, 3.8) is 0 Å². The highest BCUT2D eigenvalue weighted by Gasteiger charge is 2.28. The van der Waals surface area contributed by atoms with Crippen molar-refractivity contribution in [2.75, 3.05) is 65.8 Å². The van der Waals surface area contributed by atoms with E-state index in [4.69, 9.17) is 29.3 Å². The van der Waals surface area contributed by atoms with Gasteiger partial charge in [0.25, 0.3) is 0 Å². The summed E-state index contributed by atoms with van der Waals surface area (Å²) in [5.41, 5.74) is 11.0. The van der Waals surface area contributed by atoms with Crippen LogP contribution in [0, 0.1) is 31.5 Å². The number of thiazole rings is 1. The summed E-state index contributed by atoms with van der Waals surface area (Å²) >= 11 is 1.66. The van der Waals surface area contributed by atoms with Crippen molar-refractivity contribution in [2.45, 2.75) is 98.6 Å². The van der Waals surface area contributed by atoms with Gasteiger partial charge in [-0.2, -0.15) is 20.2 Å². The van der Waals surface area contributed by atoms with Gasteiger partial charge < -0.3 is 39.6 Å². The van der Waals surface area contributed by atoms with Crippen molar-refractivity contribution in [3.05, 3.63) is 112 Å². The Bertz CT molecular complexity index is 3410. The summed E-state index contributed by atoms with van der Waals surface area (Å²) in [6.45, 7) is 13.7. The summed E-state index contributed by atoms with van der Waals surface area (Å²) in [7, 11) is 10.2. The van der Waals surface area contributed by atoms with E-state index in [-0.39, 0.29) is 48.9 Å². The Kier molecular flexibility index (Phi) is 21.2. The molecule has 10 rings (SSSR count). The molecule has 4 aromatic heterocycles. The highest BCUT2D eigenvalue weighted by Crippen LogP contribution is 2.44. The third-order valence-electron chi connectivity index (χ3n) is 14.4. The number of H-pyrrole nitrogens is 1. The van der Waals surface area contributed by atoms with Crippen molar-refractivity contribution in [1.29, 1.82) is 0 Å². The Morgan fingerprint density at radius 1 is 0.963 bits per heavy atom. The molecule has 4 aromatic carbocycles. The van der Waals surface area contributed by atoms with Crippen LogP contribution in [0.15, 0.2) is 78.6 Å². The van der Waals surface area contributed by atoms with Crippen molar-refractivity contribution in [2.24, 2.45) is 11.8 Å². The number of ether oxygens (including phenoxy) is 3. The topological polar surface area (TPSA) is 215 Å². The second-order valence-electron chi connectivity index (χ2n) is 20.9. The molecule has 3 atom stereocenters. The summed E-state index contributed by atoms with van der Waals surface area (Å²) < 4.78 is 35.1. The number of methoxy groups -OCH3 is 1. The number of aliphatic hydroxyl groups is 1. The number of likely N-dealkylation sites (N-methyl/N-ethyl adjacent to an activating group) is 1. The van der Waals surface area contributed by atoms with Crippen LogP contribution >= 0.6 is 11.3 Å². The molecule has 430 valence electrons. The number of aromatic amines is 1. The fourth-order valence-corrected chi connectivity index (χ4v) is 10.2. The molecular formula is C61H76FN11O7S. The van der Waals surface area contributed by atoms with Gasteiger partial charge in [-0.05, 0) is 106 Å². The number of aromatic nitrogens is 7. The highest BCUT2D eigenvalue weighted by molar-refractivity contribution is 7.13. The van der Waals surface area contributed by atoms with Crippen molar-refractivity contribution < 1.29 is 38.1 Å². The lowest BCUT2D eigenvalue weighted by Gasteiger charge is -2.21. The number of anilines is 2. The van der Waals surface area contributed by atoms with Crippen LogP contribution in [-0.4, -0.2) is 131 Å². The second-order valence-corrected chi connectivity index (χ2v) is 21.8. The largest absolute Gasteiger partial charge is 0.486 e. The fraction of sp³-hybridized carbons (Fsp3) is 0.410. The van der Waals surface area contributed by atoms with Gasteiger partial charge in [0.15, 0.2) is 12.0 Å². The molecule has 0 radical (unpaired) electrons. The van der Waals surface area contributed by atoms with E-state index in [2.05, 4.69) is 67.0 Å². The molecule has 81 heavy (non-hydrogen) atoms. The number of likely N-dealkylation sites (tertiary alicyclic amines) is 1. The lowest BCUT2D eigenvalue weighted by molar-refractivity contribution is -0.125. The quantitative estimate of drug-likeness (QED) is 0.0554. The molecule has 20 heteroatoms.